The van der Waals surface area contributed by atoms with E-state index in [-0.39, 0.29) is 0 Å². The van der Waals surface area contributed by atoms with E-state index in [0.717, 1.165) is 0 Å². The summed E-state index contributed by atoms with van der Waals surface area (Å²) in [5.74, 6) is -0.416. The number of hydrogen-bond acceptors (Lipinski definition) is 5. The largest absolute Gasteiger partial charge is 0.480 e. The minimum Gasteiger partial charge on any atom is -0.480 e. The molecule has 7 heteroatoms. The summed E-state index contributed by atoms with van der Waals surface area (Å²) >= 11 is 0. The average molecular weight is 221 g/mol. The van der Waals surface area contributed by atoms with Gasteiger partial charge >= 0.3 is 5.97 Å². The molecule has 0 aliphatic carbocycles. The Morgan fingerprint density at radius 2 is 2.38 bits per heavy atom. The topological polar surface area (TPSA) is 83.6 Å². The summed E-state index contributed by atoms with van der Waals surface area (Å²) in [6, 6.07) is -0.671. The van der Waals surface area contributed by atoms with Crippen LogP contribution in [0.2, 0.25) is 0 Å². The van der Waals surface area contributed by atoms with Gasteiger partial charge < -0.3 is 10.0 Å². The molecule has 1 N–H and O–H groups in total. The van der Waals surface area contributed by atoms with Crippen molar-refractivity contribution >= 4 is 17.4 Å². The quantitative estimate of drug-likeness (QED) is 0.787. The fraction of sp³-hybridized carbons (Fsp3) is 0.333. The van der Waals surface area contributed by atoms with Crippen molar-refractivity contribution in [2.24, 2.45) is 0 Å². The predicted molar refractivity (Wildman–Crippen MR) is 56.3 cm³/mol. The Hall–Kier alpha value is -2.18. The second kappa shape index (κ2) is 3.76. The van der Waals surface area contributed by atoms with E-state index in [4.69, 9.17) is 5.11 Å². The smallest absolute Gasteiger partial charge is 0.326 e. The van der Waals surface area contributed by atoms with E-state index in [2.05, 4.69) is 15.2 Å². The van der Waals surface area contributed by atoms with Gasteiger partial charge in [0.2, 0.25) is 5.65 Å². The molecule has 0 amide bonds. The Bertz CT molecular complexity index is 523. The lowest BCUT2D eigenvalue weighted by Crippen LogP contribution is -2.36. The van der Waals surface area contributed by atoms with Crippen molar-refractivity contribution in [3.8, 4) is 0 Å². The molecule has 0 aromatic carbocycles. The summed E-state index contributed by atoms with van der Waals surface area (Å²) in [6.45, 7) is 1.59. The van der Waals surface area contributed by atoms with Crippen molar-refractivity contribution in [1.29, 1.82) is 0 Å². The molecule has 0 saturated heterocycles. The van der Waals surface area contributed by atoms with Gasteiger partial charge in [-0.25, -0.2) is 9.78 Å². The lowest BCUT2D eigenvalue weighted by Gasteiger charge is -2.22. The van der Waals surface area contributed by atoms with E-state index >= 15 is 0 Å². The fourth-order valence-corrected chi connectivity index (χ4v) is 1.34. The maximum atomic E-state index is 10.9. The number of anilines is 1. The third kappa shape index (κ3) is 1.56. The van der Waals surface area contributed by atoms with Crippen LogP contribution in [0.1, 0.15) is 6.92 Å². The van der Waals surface area contributed by atoms with Crippen LogP contribution < -0.4 is 4.90 Å². The van der Waals surface area contributed by atoms with Crippen LogP contribution in [0.5, 0.6) is 0 Å². The second-order valence-corrected chi connectivity index (χ2v) is 3.44. The minimum absolute atomic E-state index is 0.495. The first-order valence-electron chi connectivity index (χ1n) is 4.71. The zero-order valence-corrected chi connectivity index (χ0v) is 8.90. The lowest BCUT2D eigenvalue weighted by atomic mass is 10.3. The summed E-state index contributed by atoms with van der Waals surface area (Å²) < 4.78 is 1.69. The Kier molecular flexibility index (Phi) is 2.43. The summed E-state index contributed by atoms with van der Waals surface area (Å²) in [4.78, 5) is 16.5. The van der Waals surface area contributed by atoms with E-state index in [9.17, 15) is 4.79 Å². The number of hydrogen-bond donors (Lipinski definition) is 1. The number of aromatic nitrogens is 4. The summed E-state index contributed by atoms with van der Waals surface area (Å²) in [5.41, 5.74) is 0.540. The highest BCUT2D eigenvalue weighted by molar-refractivity contribution is 5.79. The van der Waals surface area contributed by atoms with E-state index in [1.165, 1.54) is 0 Å². The molecule has 0 aliphatic rings. The highest BCUT2D eigenvalue weighted by Gasteiger charge is 2.20. The summed E-state index contributed by atoms with van der Waals surface area (Å²) in [6.07, 6.45) is 4.83. The van der Waals surface area contributed by atoms with Gasteiger partial charge in [0.05, 0.1) is 0 Å². The molecule has 2 rings (SSSR count). The van der Waals surface area contributed by atoms with E-state index in [1.54, 1.807) is 42.0 Å². The van der Waals surface area contributed by atoms with Crippen LogP contribution in [0.15, 0.2) is 18.7 Å². The Morgan fingerprint density at radius 3 is 3.06 bits per heavy atom. The number of likely N-dealkylation sites (N-methyl/N-ethyl adjacent to an activating group) is 1. The number of nitrogens with zero attached hydrogens (tertiary/aromatic N) is 5. The molecule has 0 radical (unpaired) electrons. The van der Waals surface area contributed by atoms with Gasteiger partial charge in [-0.05, 0) is 6.92 Å². The lowest BCUT2D eigenvalue weighted by molar-refractivity contribution is -0.138. The first-order valence-corrected chi connectivity index (χ1v) is 4.71. The Balaban J connectivity index is 2.46. The molecule has 2 aromatic rings. The third-order valence-electron chi connectivity index (χ3n) is 2.47. The summed E-state index contributed by atoms with van der Waals surface area (Å²) in [5, 5.41) is 16.6. The fourth-order valence-electron chi connectivity index (χ4n) is 1.34. The van der Waals surface area contributed by atoms with Crippen molar-refractivity contribution < 1.29 is 9.90 Å². The normalized spacial score (nSPS) is 12.6. The van der Waals surface area contributed by atoms with Crippen molar-refractivity contribution in [3.05, 3.63) is 18.7 Å². The molecule has 0 fully saturated rings. The highest BCUT2D eigenvalue weighted by atomic mass is 16.4. The number of aliphatic carboxylic acids is 1. The van der Waals surface area contributed by atoms with E-state index < -0.39 is 12.0 Å². The number of carboxylic acid groups (broad SMARTS) is 1. The SMILES string of the molecule is C[C@H](C(=O)O)N(C)c1nccn2cnnc12. The molecule has 0 saturated carbocycles. The van der Waals surface area contributed by atoms with E-state index in [1.807, 2.05) is 0 Å². The first kappa shape index (κ1) is 10.3. The molecular weight excluding hydrogens is 210 g/mol. The van der Waals surface area contributed by atoms with Crippen LogP contribution in [0.3, 0.4) is 0 Å². The summed E-state index contributed by atoms with van der Waals surface area (Å²) in [7, 11) is 1.66. The number of fused-ring (bicyclic) bond motifs is 1. The van der Waals surface area contributed by atoms with Crippen molar-refractivity contribution in [2.75, 3.05) is 11.9 Å². The van der Waals surface area contributed by atoms with Gasteiger partial charge in [-0.3, -0.25) is 4.40 Å². The minimum atomic E-state index is -0.911. The molecule has 0 unspecified atom stereocenters. The van der Waals surface area contributed by atoms with Crippen LogP contribution in [0.25, 0.3) is 5.65 Å². The standard InChI is InChI=1S/C9H11N5O2/c1-6(9(15)16)13(2)7-8-12-11-5-14(8)4-3-10-7/h3-6H,1-2H3,(H,15,16)/t6-/m1/s1. The maximum absolute atomic E-state index is 10.9. The predicted octanol–water partition coefficient (Wildman–Crippen LogP) is 0.0336. The van der Waals surface area contributed by atoms with Gasteiger partial charge in [0.15, 0.2) is 5.82 Å². The molecule has 0 aliphatic heterocycles. The third-order valence-corrected chi connectivity index (χ3v) is 2.47. The van der Waals surface area contributed by atoms with Gasteiger partial charge in [-0.1, -0.05) is 0 Å². The number of rotatable bonds is 3. The zero-order valence-electron chi connectivity index (χ0n) is 8.90. The van der Waals surface area contributed by atoms with Crippen LogP contribution in [0.4, 0.5) is 5.82 Å². The number of carbonyl (C=O) groups is 1. The molecule has 0 bridgehead atoms. The molecule has 0 spiro atoms. The molecule has 7 nitrogen and oxygen atoms in total. The van der Waals surface area contributed by atoms with Crippen LogP contribution in [0, 0.1) is 0 Å². The van der Waals surface area contributed by atoms with Gasteiger partial charge in [-0.2, -0.15) is 0 Å². The molecule has 2 aromatic heterocycles. The highest BCUT2D eigenvalue weighted by Crippen LogP contribution is 2.16. The Morgan fingerprint density at radius 1 is 1.62 bits per heavy atom. The maximum Gasteiger partial charge on any atom is 0.326 e. The van der Waals surface area contributed by atoms with Crippen LogP contribution in [-0.2, 0) is 4.79 Å². The van der Waals surface area contributed by atoms with Gasteiger partial charge in [-0.15, -0.1) is 10.2 Å². The first-order chi connectivity index (χ1) is 7.61. The molecule has 84 valence electrons. The molecule has 1 atom stereocenters. The van der Waals surface area contributed by atoms with E-state index in [0.29, 0.717) is 11.5 Å². The van der Waals surface area contributed by atoms with Crippen molar-refractivity contribution in [3.63, 3.8) is 0 Å². The van der Waals surface area contributed by atoms with Gasteiger partial charge in [0, 0.05) is 19.4 Å². The molecule has 2 heterocycles. The van der Waals surface area contributed by atoms with Crippen molar-refractivity contribution in [1.82, 2.24) is 19.6 Å². The molecular formula is C9H11N5O2. The van der Waals surface area contributed by atoms with Crippen LogP contribution in [-0.4, -0.2) is 43.7 Å². The van der Waals surface area contributed by atoms with Gasteiger partial charge in [0.25, 0.3) is 0 Å². The average Bonchev–Trinajstić information content (AvgIpc) is 2.74. The monoisotopic (exact) mass is 221 g/mol. The Labute approximate surface area is 91.4 Å². The van der Waals surface area contributed by atoms with Gasteiger partial charge in [0.1, 0.15) is 12.4 Å². The zero-order chi connectivity index (χ0) is 11.7. The van der Waals surface area contributed by atoms with Crippen LogP contribution >= 0.6 is 0 Å². The number of carboxylic acids is 1. The van der Waals surface area contributed by atoms with Crippen molar-refractivity contribution in [2.45, 2.75) is 13.0 Å². The molecule has 16 heavy (non-hydrogen) atoms. The second-order valence-electron chi connectivity index (χ2n) is 3.44.